The van der Waals surface area contributed by atoms with E-state index in [1.807, 2.05) is 32.0 Å². The first-order valence-electron chi connectivity index (χ1n) is 5.12. The summed E-state index contributed by atoms with van der Waals surface area (Å²) in [5, 5.41) is 5.02. The number of hydrogen-bond donors (Lipinski definition) is 1. The van der Waals surface area contributed by atoms with Gasteiger partial charge in [-0.2, -0.15) is 5.10 Å². The van der Waals surface area contributed by atoms with Crippen molar-refractivity contribution in [2.24, 2.45) is 5.73 Å². The van der Waals surface area contributed by atoms with Gasteiger partial charge in [-0.1, -0.05) is 29.9 Å². The van der Waals surface area contributed by atoms with Crippen LogP contribution < -0.4 is 5.73 Å². The molecule has 17 heavy (non-hydrogen) atoms. The van der Waals surface area contributed by atoms with E-state index in [1.165, 1.54) is 0 Å². The number of nitrogens with zero attached hydrogens (tertiary/aromatic N) is 2. The van der Waals surface area contributed by atoms with Gasteiger partial charge in [-0.25, -0.2) is 4.68 Å². The quantitative estimate of drug-likeness (QED) is 0.850. The number of aromatic nitrogens is 2. The van der Waals surface area contributed by atoms with Crippen LogP contribution in [0.15, 0.2) is 24.4 Å². The van der Waals surface area contributed by atoms with Crippen molar-refractivity contribution in [1.29, 1.82) is 0 Å². The molecule has 0 fully saturated rings. The Hall–Kier alpha value is -1.39. The van der Waals surface area contributed by atoms with Crippen LogP contribution in [0.2, 0.25) is 5.02 Å². The molecular weight excluding hydrogens is 254 g/mol. The highest BCUT2D eigenvalue weighted by atomic mass is 35.5. The molecule has 1 aromatic heterocycles. The zero-order valence-electron chi connectivity index (χ0n) is 9.57. The van der Waals surface area contributed by atoms with Crippen molar-refractivity contribution >= 4 is 28.8 Å². The van der Waals surface area contributed by atoms with E-state index in [9.17, 15) is 0 Å². The van der Waals surface area contributed by atoms with Crippen molar-refractivity contribution in [2.75, 3.05) is 0 Å². The van der Waals surface area contributed by atoms with Crippen molar-refractivity contribution in [2.45, 2.75) is 13.8 Å². The van der Waals surface area contributed by atoms with Gasteiger partial charge in [-0.15, -0.1) is 0 Å². The lowest BCUT2D eigenvalue weighted by Gasteiger charge is -2.09. The maximum atomic E-state index is 6.09. The van der Waals surface area contributed by atoms with E-state index in [1.54, 1.807) is 10.9 Å². The van der Waals surface area contributed by atoms with Gasteiger partial charge in [0.05, 0.1) is 23.1 Å². The van der Waals surface area contributed by atoms with Crippen molar-refractivity contribution < 1.29 is 0 Å². The van der Waals surface area contributed by atoms with Crippen LogP contribution in [0.5, 0.6) is 0 Å². The molecule has 2 N–H and O–H groups in total. The minimum atomic E-state index is 0.355. The molecule has 2 aromatic rings. The summed E-state index contributed by atoms with van der Waals surface area (Å²) in [6, 6.07) is 5.71. The standard InChI is InChI=1S/C12H12ClN3S/c1-7-10(13)4-3-5-11(7)16-8(2)9(6-15-16)12(14)17/h3-6H,1-2H3,(H2,14,17). The third kappa shape index (κ3) is 2.06. The molecule has 0 unspecified atom stereocenters. The average molecular weight is 266 g/mol. The first kappa shape index (κ1) is 12.1. The molecule has 0 radical (unpaired) electrons. The second-order valence-electron chi connectivity index (χ2n) is 3.80. The summed E-state index contributed by atoms with van der Waals surface area (Å²) >= 11 is 11.1. The van der Waals surface area contributed by atoms with E-state index >= 15 is 0 Å². The molecule has 88 valence electrons. The van der Waals surface area contributed by atoms with Crippen LogP contribution in [0.25, 0.3) is 5.69 Å². The summed E-state index contributed by atoms with van der Waals surface area (Å²) in [4.78, 5) is 0.355. The molecule has 0 saturated carbocycles. The number of halogens is 1. The zero-order valence-corrected chi connectivity index (χ0v) is 11.1. The number of thiocarbonyl (C=S) groups is 1. The highest BCUT2D eigenvalue weighted by Gasteiger charge is 2.12. The lowest BCUT2D eigenvalue weighted by atomic mass is 10.2. The number of rotatable bonds is 2. The van der Waals surface area contributed by atoms with Crippen LogP contribution in [0.3, 0.4) is 0 Å². The first-order valence-corrected chi connectivity index (χ1v) is 5.91. The maximum absolute atomic E-state index is 6.09. The van der Waals surface area contributed by atoms with Crippen LogP contribution >= 0.6 is 23.8 Å². The first-order chi connectivity index (χ1) is 8.02. The summed E-state index contributed by atoms with van der Waals surface area (Å²) in [6.45, 7) is 3.89. The minimum Gasteiger partial charge on any atom is -0.389 e. The predicted molar refractivity (Wildman–Crippen MR) is 73.9 cm³/mol. The van der Waals surface area contributed by atoms with Gasteiger partial charge in [-0.3, -0.25) is 0 Å². The van der Waals surface area contributed by atoms with Crippen molar-refractivity contribution in [3.05, 3.63) is 46.2 Å². The summed E-state index contributed by atoms with van der Waals surface area (Å²) in [7, 11) is 0. The summed E-state index contributed by atoms with van der Waals surface area (Å²) < 4.78 is 1.80. The van der Waals surface area contributed by atoms with E-state index < -0.39 is 0 Å². The molecule has 5 heteroatoms. The Labute approximate surface area is 110 Å². The molecule has 0 amide bonds. The fourth-order valence-electron chi connectivity index (χ4n) is 1.72. The van der Waals surface area contributed by atoms with Crippen molar-refractivity contribution in [1.82, 2.24) is 9.78 Å². The molecule has 0 saturated heterocycles. The second-order valence-corrected chi connectivity index (χ2v) is 4.65. The van der Waals surface area contributed by atoms with E-state index in [0.717, 1.165) is 22.5 Å². The van der Waals surface area contributed by atoms with E-state index in [4.69, 9.17) is 29.6 Å². The molecule has 0 aliphatic heterocycles. The summed E-state index contributed by atoms with van der Waals surface area (Å²) in [6.07, 6.45) is 1.68. The maximum Gasteiger partial charge on any atom is 0.107 e. The third-order valence-electron chi connectivity index (χ3n) is 2.74. The van der Waals surface area contributed by atoms with Gasteiger partial charge in [-0.05, 0) is 31.5 Å². The number of hydrogen-bond acceptors (Lipinski definition) is 2. The van der Waals surface area contributed by atoms with Gasteiger partial charge >= 0.3 is 0 Å². The molecule has 3 nitrogen and oxygen atoms in total. The van der Waals surface area contributed by atoms with Crippen LogP contribution in [0, 0.1) is 13.8 Å². The highest BCUT2D eigenvalue weighted by Crippen LogP contribution is 2.23. The van der Waals surface area contributed by atoms with Crippen LogP contribution in [0.4, 0.5) is 0 Å². The monoisotopic (exact) mass is 265 g/mol. The van der Waals surface area contributed by atoms with E-state index in [-0.39, 0.29) is 0 Å². The minimum absolute atomic E-state index is 0.355. The topological polar surface area (TPSA) is 43.8 Å². The average Bonchev–Trinajstić information content (AvgIpc) is 2.64. The molecule has 0 aliphatic rings. The Bertz CT molecular complexity index is 589. The smallest absolute Gasteiger partial charge is 0.107 e. The molecule has 0 spiro atoms. The van der Waals surface area contributed by atoms with Crippen LogP contribution in [-0.4, -0.2) is 14.8 Å². The predicted octanol–water partition coefficient (Wildman–Crippen LogP) is 2.78. The molecule has 2 rings (SSSR count). The van der Waals surface area contributed by atoms with E-state index in [2.05, 4.69) is 5.10 Å². The van der Waals surface area contributed by atoms with Gasteiger partial charge in [0.25, 0.3) is 0 Å². The van der Waals surface area contributed by atoms with Crippen molar-refractivity contribution in [3.8, 4) is 5.69 Å². The Morgan fingerprint density at radius 1 is 1.41 bits per heavy atom. The summed E-state index contributed by atoms with van der Waals surface area (Å²) in [5.41, 5.74) is 9.26. The molecular formula is C12H12ClN3S. The number of benzene rings is 1. The molecule has 1 aromatic carbocycles. The van der Waals surface area contributed by atoms with Crippen LogP contribution in [-0.2, 0) is 0 Å². The highest BCUT2D eigenvalue weighted by molar-refractivity contribution is 7.80. The molecule has 0 atom stereocenters. The van der Waals surface area contributed by atoms with Gasteiger partial charge < -0.3 is 5.73 Å². The Balaban J connectivity index is 2.62. The number of nitrogens with two attached hydrogens (primary N) is 1. The SMILES string of the molecule is Cc1c(Cl)cccc1-n1ncc(C(N)=S)c1C. The molecule has 1 heterocycles. The van der Waals surface area contributed by atoms with Crippen LogP contribution in [0.1, 0.15) is 16.8 Å². The Kier molecular flexibility index (Phi) is 3.17. The summed E-state index contributed by atoms with van der Waals surface area (Å²) in [5.74, 6) is 0. The fraction of sp³-hybridized carbons (Fsp3) is 0.167. The van der Waals surface area contributed by atoms with Gasteiger partial charge in [0.2, 0.25) is 0 Å². The lowest BCUT2D eigenvalue weighted by Crippen LogP contribution is -2.11. The molecule has 0 aliphatic carbocycles. The van der Waals surface area contributed by atoms with Gasteiger partial charge in [0.15, 0.2) is 0 Å². The van der Waals surface area contributed by atoms with Gasteiger partial charge in [0.1, 0.15) is 4.99 Å². The zero-order chi connectivity index (χ0) is 12.6. The fourth-order valence-corrected chi connectivity index (χ4v) is 2.09. The third-order valence-corrected chi connectivity index (χ3v) is 3.37. The van der Waals surface area contributed by atoms with Gasteiger partial charge in [0, 0.05) is 5.02 Å². The largest absolute Gasteiger partial charge is 0.389 e. The molecule has 0 bridgehead atoms. The Morgan fingerprint density at radius 3 is 2.71 bits per heavy atom. The second kappa shape index (κ2) is 4.47. The van der Waals surface area contributed by atoms with Crippen molar-refractivity contribution in [3.63, 3.8) is 0 Å². The Morgan fingerprint density at radius 2 is 2.12 bits per heavy atom. The van der Waals surface area contributed by atoms with E-state index in [0.29, 0.717) is 10.0 Å². The lowest BCUT2D eigenvalue weighted by molar-refractivity contribution is 0.840. The normalized spacial score (nSPS) is 10.5.